The quantitative estimate of drug-likeness (QED) is 0.639. The summed E-state index contributed by atoms with van der Waals surface area (Å²) in [5, 5.41) is 0.539. The zero-order chi connectivity index (χ0) is 13.3. The van der Waals surface area contributed by atoms with Crippen LogP contribution in [0.4, 0.5) is 5.69 Å². The minimum atomic E-state index is -0.0118. The molecule has 1 amide bonds. The van der Waals surface area contributed by atoms with Crippen molar-refractivity contribution in [3.63, 3.8) is 0 Å². The van der Waals surface area contributed by atoms with Crippen LogP contribution in [-0.2, 0) is 0 Å². The summed E-state index contributed by atoms with van der Waals surface area (Å²) in [4.78, 5) is 14.4. The molecule has 1 saturated heterocycles. The lowest BCUT2D eigenvalue weighted by Crippen LogP contribution is -2.34. The number of hydrazine groups is 1. The number of nitrogens with zero attached hydrogens (tertiary/aromatic N) is 1. The van der Waals surface area contributed by atoms with Crippen molar-refractivity contribution in [3.05, 3.63) is 28.8 Å². The first-order chi connectivity index (χ1) is 8.52. The Kier molecular flexibility index (Phi) is 3.78. The van der Waals surface area contributed by atoms with Gasteiger partial charge in [0, 0.05) is 17.6 Å². The summed E-state index contributed by atoms with van der Waals surface area (Å²) in [5.74, 6) is 5.96. The number of nitrogens with two attached hydrogens (primary N) is 1. The van der Waals surface area contributed by atoms with Crippen LogP contribution in [-0.4, -0.2) is 23.4 Å². The molecule has 1 heterocycles. The van der Waals surface area contributed by atoms with Crippen LogP contribution >= 0.6 is 11.6 Å². The van der Waals surface area contributed by atoms with Crippen molar-refractivity contribution in [3.8, 4) is 0 Å². The number of amides is 1. The van der Waals surface area contributed by atoms with Crippen LogP contribution in [0.2, 0.25) is 5.02 Å². The third-order valence-electron chi connectivity index (χ3n) is 3.41. The minimum Gasteiger partial charge on any atom is -0.336 e. The molecule has 2 atom stereocenters. The van der Waals surface area contributed by atoms with Crippen LogP contribution in [0.3, 0.4) is 0 Å². The number of carbonyl (C=O) groups excluding carboxylic acids is 1. The second kappa shape index (κ2) is 5.16. The molecular weight excluding hydrogens is 250 g/mol. The average molecular weight is 268 g/mol. The molecule has 1 aliphatic rings. The van der Waals surface area contributed by atoms with Crippen LogP contribution < -0.4 is 11.3 Å². The maximum absolute atomic E-state index is 12.5. The number of anilines is 1. The van der Waals surface area contributed by atoms with Gasteiger partial charge in [0.25, 0.3) is 5.91 Å². The standard InChI is InChI=1S/C13H18ClN3O/c1-8-5-9(2)17(7-8)13(18)11-6-10(14)3-4-12(11)16-15/h3-4,6,8-9,16H,5,7,15H2,1-2H3. The van der Waals surface area contributed by atoms with Gasteiger partial charge in [0.15, 0.2) is 0 Å². The summed E-state index contributed by atoms with van der Waals surface area (Å²) in [7, 11) is 0. The van der Waals surface area contributed by atoms with Gasteiger partial charge in [-0.2, -0.15) is 0 Å². The molecule has 1 aliphatic heterocycles. The fourth-order valence-corrected chi connectivity index (χ4v) is 2.73. The Bertz CT molecular complexity index is 464. The molecule has 2 rings (SSSR count). The van der Waals surface area contributed by atoms with Gasteiger partial charge in [0.1, 0.15) is 0 Å². The molecule has 0 saturated carbocycles. The Hall–Kier alpha value is -1.26. The van der Waals surface area contributed by atoms with Crippen molar-refractivity contribution >= 4 is 23.2 Å². The van der Waals surface area contributed by atoms with Gasteiger partial charge >= 0.3 is 0 Å². The van der Waals surface area contributed by atoms with Crippen LogP contribution in [0.5, 0.6) is 0 Å². The minimum absolute atomic E-state index is 0.0118. The normalized spacial score (nSPS) is 23.2. The van der Waals surface area contributed by atoms with E-state index in [4.69, 9.17) is 17.4 Å². The highest BCUT2D eigenvalue weighted by Crippen LogP contribution is 2.27. The highest BCUT2D eigenvalue weighted by atomic mass is 35.5. The Labute approximate surface area is 112 Å². The van der Waals surface area contributed by atoms with Crippen molar-refractivity contribution in [2.75, 3.05) is 12.0 Å². The number of halogens is 1. The number of benzene rings is 1. The lowest BCUT2D eigenvalue weighted by Gasteiger charge is -2.22. The summed E-state index contributed by atoms with van der Waals surface area (Å²) in [6.45, 7) is 5.02. The Morgan fingerprint density at radius 2 is 2.22 bits per heavy atom. The zero-order valence-electron chi connectivity index (χ0n) is 10.6. The topological polar surface area (TPSA) is 58.4 Å². The smallest absolute Gasteiger partial charge is 0.256 e. The maximum atomic E-state index is 12.5. The van der Waals surface area contributed by atoms with E-state index in [2.05, 4.69) is 19.3 Å². The van der Waals surface area contributed by atoms with Crippen molar-refractivity contribution in [1.29, 1.82) is 0 Å². The summed E-state index contributed by atoms with van der Waals surface area (Å²) in [6, 6.07) is 5.36. The number of rotatable bonds is 2. The molecule has 1 aromatic rings. The van der Waals surface area contributed by atoms with Crippen molar-refractivity contribution in [1.82, 2.24) is 4.90 Å². The highest BCUT2D eigenvalue weighted by Gasteiger charge is 2.31. The number of nitrogen functional groups attached to an aromatic ring is 1. The van der Waals surface area contributed by atoms with Gasteiger partial charge in [-0.1, -0.05) is 18.5 Å². The first kappa shape index (κ1) is 13.2. The summed E-state index contributed by atoms with van der Waals surface area (Å²) in [6.07, 6.45) is 1.04. The molecule has 0 radical (unpaired) electrons. The van der Waals surface area contributed by atoms with Crippen LogP contribution in [0.15, 0.2) is 18.2 Å². The Morgan fingerprint density at radius 1 is 1.50 bits per heavy atom. The SMILES string of the molecule is CC1CC(C)N(C(=O)c2cc(Cl)ccc2NN)C1. The number of nitrogens with one attached hydrogen (secondary N) is 1. The fourth-order valence-electron chi connectivity index (χ4n) is 2.56. The third-order valence-corrected chi connectivity index (χ3v) is 3.65. The van der Waals surface area contributed by atoms with E-state index in [1.807, 2.05) is 4.90 Å². The number of hydrogen-bond acceptors (Lipinski definition) is 3. The van der Waals surface area contributed by atoms with Crippen molar-refractivity contribution in [2.24, 2.45) is 11.8 Å². The third kappa shape index (κ3) is 2.44. The van der Waals surface area contributed by atoms with E-state index in [1.165, 1.54) is 0 Å². The molecule has 98 valence electrons. The molecule has 0 aromatic heterocycles. The molecule has 1 fully saturated rings. The molecule has 5 heteroatoms. The van der Waals surface area contributed by atoms with E-state index in [0.717, 1.165) is 13.0 Å². The Balaban J connectivity index is 2.31. The average Bonchev–Trinajstić information content (AvgIpc) is 2.67. The van der Waals surface area contributed by atoms with Gasteiger partial charge in [0.05, 0.1) is 11.3 Å². The first-order valence-corrected chi connectivity index (χ1v) is 6.48. The molecule has 0 aliphatic carbocycles. The molecule has 1 aromatic carbocycles. The molecule has 18 heavy (non-hydrogen) atoms. The van der Waals surface area contributed by atoms with Gasteiger partial charge in [-0.25, -0.2) is 0 Å². The molecule has 3 N–H and O–H groups in total. The molecule has 0 bridgehead atoms. The highest BCUT2D eigenvalue weighted by molar-refractivity contribution is 6.31. The van der Waals surface area contributed by atoms with E-state index in [0.29, 0.717) is 22.2 Å². The van der Waals surface area contributed by atoms with Gasteiger partial charge in [0.2, 0.25) is 0 Å². The zero-order valence-corrected chi connectivity index (χ0v) is 11.4. The summed E-state index contributed by atoms with van der Waals surface area (Å²) < 4.78 is 0. The van der Waals surface area contributed by atoms with Crippen molar-refractivity contribution < 1.29 is 4.79 Å². The monoisotopic (exact) mass is 267 g/mol. The van der Waals surface area contributed by atoms with Gasteiger partial charge < -0.3 is 10.3 Å². The fraction of sp³-hybridized carbons (Fsp3) is 0.462. The lowest BCUT2D eigenvalue weighted by atomic mass is 10.1. The number of likely N-dealkylation sites (tertiary alicyclic amines) is 1. The van der Waals surface area contributed by atoms with E-state index in [-0.39, 0.29) is 11.9 Å². The molecule has 0 spiro atoms. The van der Waals surface area contributed by atoms with Crippen LogP contribution in [0.1, 0.15) is 30.6 Å². The molecule has 4 nitrogen and oxygen atoms in total. The summed E-state index contributed by atoms with van der Waals surface area (Å²) in [5.41, 5.74) is 3.69. The predicted octanol–water partition coefficient (Wildman–Crippen LogP) is 2.50. The van der Waals surface area contributed by atoms with Crippen molar-refractivity contribution in [2.45, 2.75) is 26.3 Å². The van der Waals surface area contributed by atoms with Crippen LogP contribution in [0.25, 0.3) is 0 Å². The van der Waals surface area contributed by atoms with E-state index >= 15 is 0 Å². The Morgan fingerprint density at radius 3 is 2.78 bits per heavy atom. The second-order valence-corrected chi connectivity index (χ2v) is 5.42. The molecule has 2 unspecified atom stereocenters. The largest absolute Gasteiger partial charge is 0.336 e. The van der Waals surface area contributed by atoms with Gasteiger partial charge in [-0.05, 0) is 37.5 Å². The summed E-state index contributed by atoms with van der Waals surface area (Å²) >= 11 is 5.95. The maximum Gasteiger partial charge on any atom is 0.256 e. The van der Waals surface area contributed by atoms with Gasteiger partial charge in [-0.3, -0.25) is 10.6 Å². The number of carbonyl (C=O) groups is 1. The lowest BCUT2D eigenvalue weighted by molar-refractivity contribution is 0.0744. The first-order valence-electron chi connectivity index (χ1n) is 6.10. The molecular formula is C13H18ClN3O. The number of hydrogen-bond donors (Lipinski definition) is 2. The van der Waals surface area contributed by atoms with E-state index in [1.54, 1.807) is 18.2 Å². The van der Waals surface area contributed by atoms with Gasteiger partial charge in [-0.15, -0.1) is 0 Å². The predicted molar refractivity (Wildman–Crippen MR) is 73.5 cm³/mol. The van der Waals surface area contributed by atoms with E-state index < -0.39 is 0 Å². The van der Waals surface area contributed by atoms with Crippen LogP contribution in [0, 0.1) is 5.92 Å². The second-order valence-electron chi connectivity index (χ2n) is 4.98. The van der Waals surface area contributed by atoms with E-state index in [9.17, 15) is 4.79 Å².